The number of amides is 1. The third-order valence-electron chi connectivity index (χ3n) is 4.79. The van der Waals surface area contributed by atoms with E-state index in [1.54, 1.807) is 6.92 Å². The van der Waals surface area contributed by atoms with E-state index in [1.807, 2.05) is 9.58 Å². The fraction of sp³-hybridized carbons (Fsp3) is 0.647. The van der Waals surface area contributed by atoms with Crippen molar-refractivity contribution in [3.63, 3.8) is 0 Å². The van der Waals surface area contributed by atoms with Gasteiger partial charge in [-0.3, -0.25) is 4.79 Å². The highest BCUT2D eigenvalue weighted by atomic mass is 16.3. The summed E-state index contributed by atoms with van der Waals surface area (Å²) >= 11 is 0. The highest BCUT2D eigenvalue weighted by molar-refractivity contribution is 5.93. The first-order valence-corrected chi connectivity index (χ1v) is 8.70. The van der Waals surface area contributed by atoms with Crippen molar-refractivity contribution in [2.24, 2.45) is 5.92 Å². The second kappa shape index (κ2) is 5.72. The molecule has 2 aliphatic rings. The van der Waals surface area contributed by atoms with Crippen molar-refractivity contribution < 1.29 is 9.21 Å². The summed E-state index contributed by atoms with van der Waals surface area (Å²) in [6.07, 6.45) is 4.56. The maximum Gasteiger partial charge on any atom is 0.276 e. The summed E-state index contributed by atoms with van der Waals surface area (Å²) in [6, 6.07) is -0.0534. The lowest BCUT2D eigenvalue weighted by Gasteiger charge is -2.35. The van der Waals surface area contributed by atoms with E-state index in [-0.39, 0.29) is 11.9 Å². The van der Waals surface area contributed by atoms with Crippen LogP contribution in [0.2, 0.25) is 0 Å². The summed E-state index contributed by atoms with van der Waals surface area (Å²) in [4.78, 5) is 23.8. The molecule has 0 radical (unpaired) electrons. The molecule has 1 aliphatic heterocycles. The molecule has 1 atom stereocenters. The molecule has 1 saturated carbocycles. The Morgan fingerprint density at radius 1 is 1.38 bits per heavy atom. The van der Waals surface area contributed by atoms with Crippen molar-refractivity contribution in [1.82, 2.24) is 24.6 Å². The van der Waals surface area contributed by atoms with Gasteiger partial charge in [-0.15, -0.1) is 0 Å². The van der Waals surface area contributed by atoms with Crippen LogP contribution in [0.3, 0.4) is 0 Å². The van der Waals surface area contributed by atoms with E-state index >= 15 is 0 Å². The van der Waals surface area contributed by atoms with Gasteiger partial charge in [-0.2, -0.15) is 5.10 Å². The molecule has 24 heavy (non-hydrogen) atoms. The fourth-order valence-electron chi connectivity index (χ4n) is 3.36. The molecule has 1 aliphatic carbocycles. The zero-order valence-corrected chi connectivity index (χ0v) is 14.4. The third kappa shape index (κ3) is 2.61. The number of hydrogen-bond acceptors (Lipinski definition) is 5. The average molecular weight is 329 g/mol. The lowest BCUT2D eigenvalue weighted by atomic mass is 9.99. The maximum atomic E-state index is 13.0. The van der Waals surface area contributed by atoms with Gasteiger partial charge < -0.3 is 9.32 Å². The van der Waals surface area contributed by atoms with Crippen LogP contribution in [0.5, 0.6) is 0 Å². The van der Waals surface area contributed by atoms with Gasteiger partial charge in [0.05, 0.1) is 12.6 Å². The highest BCUT2D eigenvalue weighted by Gasteiger charge is 2.38. The van der Waals surface area contributed by atoms with Crippen LogP contribution in [0, 0.1) is 12.8 Å². The average Bonchev–Trinajstić information content (AvgIpc) is 3.15. The molecule has 1 fully saturated rings. The molecule has 128 valence electrons. The fourth-order valence-corrected chi connectivity index (χ4v) is 3.36. The normalized spacial score (nSPS) is 20.5. The second-order valence-electron chi connectivity index (χ2n) is 7.23. The van der Waals surface area contributed by atoms with Gasteiger partial charge in [0.15, 0.2) is 17.9 Å². The zero-order valence-electron chi connectivity index (χ0n) is 14.4. The molecule has 0 bridgehead atoms. The highest BCUT2D eigenvalue weighted by Crippen LogP contribution is 2.40. The molecule has 3 heterocycles. The number of fused-ring (bicyclic) bond motifs is 1. The van der Waals surface area contributed by atoms with Crippen LogP contribution in [-0.4, -0.2) is 37.1 Å². The van der Waals surface area contributed by atoms with E-state index in [1.165, 1.54) is 19.2 Å². The van der Waals surface area contributed by atoms with Gasteiger partial charge in [0.2, 0.25) is 0 Å². The molecular weight excluding hydrogens is 306 g/mol. The van der Waals surface area contributed by atoms with Gasteiger partial charge in [-0.1, -0.05) is 13.8 Å². The molecule has 1 amide bonds. The molecule has 7 nitrogen and oxygen atoms in total. The SMILES string of the molecule is Cc1ocnc1C(=O)N1CCn2nc(C3CC3)nc2[C@@H]1CC(C)C. The van der Waals surface area contributed by atoms with Crippen LogP contribution < -0.4 is 0 Å². The van der Waals surface area contributed by atoms with E-state index in [0.29, 0.717) is 36.4 Å². The summed E-state index contributed by atoms with van der Waals surface area (Å²) in [6.45, 7) is 7.42. The predicted octanol–water partition coefficient (Wildman–Crippen LogP) is 2.70. The van der Waals surface area contributed by atoms with Gasteiger partial charge in [0.1, 0.15) is 11.6 Å². The number of hydrogen-bond donors (Lipinski definition) is 0. The molecule has 7 heteroatoms. The minimum absolute atomic E-state index is 0.0534. The minimum atomic E-state index is -0.0749. The first-order chi connectivity index (χ1) is 11.5. The van der Waals surface area contributed by atoms with Crippen LogP contribution in [0.15, 0.2) is 10.8 Å². The van der Waals surface area contributed by atoms with E-state index < -0.39 is 0 Å². The van der Waals surface area contributed by atoms with Crippen LogP contribution >= 0.6 is 0 Å². The van der Waals surface area contributed by atoms with Crippen LogP contribution in [-0.2, 0) is 6.54 Å². The molecule has 0 N–H and O–H groups in total. The summed E-state index contributed by atoms with van der Waals surface area (Å²) in [5, 5.41) is 4.68. The molecular formula is C17H23N5O2. The Morgan fingerprint density at radius 2 is 2.17 bits per heavy atom. The van der Waals surface area contributed by atoms with E-state index in [9.17, 15) is 4.79 Å². The molecule has 0 spiro atoms. The summed E-state index contributed by atoms with van der Waals surface area (Å²) < 4.78 is 7.21. The second-order valence-corrected chi connectivity index (χ2v) is 7.23. The standard InChI is InChI=1S/C17H23N5O2/c1-10(2)8-13-16-19-15(12-4-5-12)20-22(16)7-6-21(13)17(23)14-11(3)24-9-18-14/h9-10,12-13H,4-8H2,1-3H3/t13-/m0/s1. The molecule has 2 aromatic rings. The zero-order chi connectivity index (χ0) is 16.8. The first kappa shape index (κ1) is 15.4. The topological polar surface area (TPSA) is 77.0 Å². The molecule has 0 aromatic carbocycles. The lowest BCUT2D eigenvalue weighted by molar-refractivity contribution is 0.0571. The summed E-state index contributed by atoms with van der Waals surface area (Å²) in [7, 11) is 0. The van der Waals surface area contributed by atoms with Gasteiger partial charge in [0.25, 0.3) is 5.91 Å². The number of aromatic nitrogens is 4. The monoisotopic (exact) mass is 329 g/mol. The van der Waals surface area contributed by atoms with Crippen molar-refractivity contribution in [2.45, 2.75) is 58.5 Å². The van der Waals surface area contributed by atoms with Crippen molar-refractivity contribution in [3.8, 4) is 0 Å². The molecule has 0 unspecified atom stereocenters. The number of aryl methyl sites for hydroxylation is 1. The van der Waals surface area contributed by atoms with Crippen molar-refractivity contribution in [2.75, 3.05) is 6.54 Å². The Kier molecular flexibility index (Phi) is 3.66. The summed E-state index contributed by atoms with van der Waals surface area (Å²) in [5.74, 6) is 3.33. The number of oxazole rings is 1. The van der Waals surface area contributed by atoms with E-state index in [2.05, 4.69) is 23.9 Å². The molecule has 0 saturated heterocycles. The van der Waals surface area contributed by atoms with Gasteiger partial charge in [-0.05, 0) is 32.1 Å². The Hall–Kier alpha value is -2.18. The van der Waals surface area contributed by atoms with Crippen LogP contribution in [0.1, 0.15) is 73.0 Å². The smallest absolute Gasteiger partial charge is 0.276 e. The van der Waals surface area contributed by atoms with Gasteiger partial charge in [-0.25, -0.2) is 14.6 Å². The number of rotatable bonds is 4. The van der Waals surface area contributed by atoms with E-state index in [4.69, 9.17) is 9.40 Å². The first-order valence-electron chi connectivity index (χ1n) is 8.70. The maximum absolute atomic E-state index is 13.0. The largest absolute Gasteiger partial charge is 0.448 e. The van der Waals surface area contributed by atoms with E-state index in [0.717, 1.165) is 18.1 Å². The van der Waals surface area contributed by atoms with Gasteiger partial charge in [0, 0.05) is 12.5 Å². The quantitative estimate of drug-likeness (QED) is 0.862. The number of carbonyl (C=O) groups is 1. The Balaban J connectivity index is 1.68. The minimum Gasteiger partial charge on any atom is -0.448 e. The lowest BCUT2D eigenvalue weighted by Crippen LogP contribution is -2.43. The Labute approximate surface area is 141 Å². The third-order valence-corrected chi connectivity index (χ3v) is 4.79. The van der Waals surface area contributed by atoms with Crippen LogP contribution in [0.4, 0.5) is 0 Å². The van der Waals surface area contributed by atoms with Gasteiger partial charge >= 0.3 is 0 Å². The molecule has 4 rings (SSSR count). The number of carbonyl (C=O) groups excluding carboxylic acids is 1. The molecule has 2 aromatic heterocycles. The Bertz CT molecular complexity index is 759. The summed E-state index contributed by atoms with van der Waals surface area (Å²) in [5.41, 5.74) is 0.402. The van der Waals surface area contributed by atoms with Crippen molar-refractivity contribution in [3.05, 3.63) is 29.5 Å². The Morgan fingerprint density at radius 3 is 2.79 bits per heavy atom. The predicted molar refractivity (Wildman–Crippen MR) is 86.5 cm³/mol. The van der Waals surface area contributed by atoms with Crippen LogP contribution in [0.25, 0.3) is 0 Å². The van der Waals surface area contributed by atoms with Crippen molar-refractivity contribution in [1.29, 1.82) is 0 Å². The van der Waals surface area contributed by atoms with Crippen molar-refractivity contribution >= 4 is 5.91 Å². The number of nitrogens with zero attached hydrogens (tertiary/aromatic N) is 5.